The summed E-state index contributed by atoms with van der Waals surface area (Å²) in [6.07, 6.45) is -0.513. The van der Waals surface area contributed by atoms with Crippen LogP contribution in [0.2, 0.25) is 0 Å². The number of benzene rings is 2. The first-order valence-electron chi connectivity index (χ1n) is 7.46. The number of carbonyl (C=O) groups is 2. The van der Waals surface area contributed by atoms with Gasteiger partial charge in [-0.15, -0.1) is 0 Å². The first-order valence-corrected chi connectivity index (χ1v) is 7.46. The highest BCUT2D eigenvalue weighted by atomic mass is 16.5. The Morgan fingerprint density at radius 3 is 2.88 bits per heavy atom. The number of cyclic esters (lactones) is 1. The molecule has 0 saturated heterocycles. The van der Waals surface area contributed by atoms with E-state index >= 15 is 0 Å². The van der Waals surface area contributed by atoms with Crippen LogP contribution in [0.5, 0.6) is 0 Å². The van der Waals surface area contributed by atoms with E-state index in [9.17, 15) is 9.59 Å². The number of rotatable bonds is 3. The van der Waals surface area contributed by atoms with Gasteiger partial charge in [0, 0.05) is 11.1 Å². The van der Waals surface area contributed by atoms with Crippen molar-refractivity contribution in [2.24, 2.45) is 0 Å². The molecule has 0 bridgehead atoms. The van der Waals surface area contributed by atoms with E-state index in [0.29, 0.717) is 5.56 Å². The summed E-state index contributed by atoms with van der Waals surface area (Å²) in [5, 5.41) is 2.57. The number of fused-ring (bicyclic) bond motifs is 1. The molecule has 0 aliphatic carbocycles. The van der Waals surface area contributed by atoms with Gasteiger partial charge in [0.1, 0.15) is 13.2 Å². The topological polar surface area (TPSA) is 64.6 Å². The maximum absolute atomic E-state index is 11.6. The minimum Gasteiger partial charge on any atom is -0.457 e. The molecule has 0 aromatic heterocycles. The molecule has 5 nitrogen and oxygen atoms in total. The van der Waals surface area contributed by atoms with Crippen LogP contribution < -0.4 is 5.32 Å². The van der Waals surface area contributed by atoms with E-state index in [2.05, 4.69) is 17.2 Å². The molecule has 0 saturated carbocycles. The monoisotopic (exact) mass is 321 g/mol. The molecular formula is C19H15NO4. The zero-order chi connectivity index (χ0) is 16.8. The Hall–Kier alpha value is -3.26. The van der Waals surface area contributed by atoms with Gasteiger partial charge in [0.05, 0.1) is 12.1 Å². The van der Waals surface area contributed by atoms with Crippen LogP contribution >= 0.6 is 0 Å². The summed E-state index contributed by atoms with van der Waals surface area (Å²) in [4.78, 5) is 22.9. The minimum absolute atomic E-state index is 0.181. The maximum Gasteiger partial charge on any atom is 0.408 e. The molecule has 1 aliphatic rings. The molecule has 3 rings (SSSR count). The Balaban J connectivity index is 1.46. The van der Waals surface area contributed by atoms with Gasteiger partial charge in [-0.1, -0.05) is 42.2 Å². The Bertz CT molecular complexity index is 818. The highest BCUT2D eigenvalue weighted by molar-refractivity contribution is 5.93. The molecule has 0 fully saturated rings. The molecule has 1 heterocycles. The van der Waals surface area contributed by atoms with Crippen LogP contribution in [0.1, 0.15) is 27.0 Å². The highest BCUT2D eigenvalue weighted by Crippen LogP contribution is 2.20. The van der Waals surface area contributed by atoms with E-state index in [-0.39, 0.29) is 25.7 Å². The molecule has 2 aromatic carbocycles. The van der Waals surface area contributed by atoms with Crippen molar-refractivity contribution < 1.29 is 19.1 Å². The predicted octanol–water partition coefficient (Wildman–Crippen LogP) is 2.63. The van der Waals surface area contributed by atoms with Crippen molar-refractivity contribution in [3.63, 3.8) is 0 Å². The fourth-order valence-electron chi connectivity index (χ4n) is 2.25. The summed E-state index contributed by atoms with van der Waals surface area (Å²) in [6, 6.07) is 14.7. The van der Waals surface area contributed by atoms with E-state index in [1.807, 2.05) is 36.4 Å². The van der Waals surface area contributed by atoms with Gasteiger partial charge in [0.15, 0.2) is 0 Å². The molecular weight excluding hydrogens is 306 g/mol. The molecule has 5 heteroatoms. The van der Waals surface area contributed by atoms with Crippen molar-refractivity contribution in [3.8, 4) is 11.8 Å². The Kier molecular flexibility index (Phi) is 4.78. The van der Waals surface area contributed by atoms with Gasteiger partial charge >= 0.3 is 12.1 Å². The zero-order valence-electron chi connectivity index (χ0n) is 12.9. The number of carbonyl (C=O) groups excluding carboxylic acids is 2. The summed E-state index contributed by atoms with van der Waals surface area (Å²) >= 11 is 0. The van der Waals surface area contributed by atoms with Crippen LogP contribution in [0.15, 0.2) is 48.5 Å². The lowest BCUT2D eigenvalue weighted by molar-refractivity contribution is 0.0535. The van der Waals surface area contributed by atoms with Crippen LogP contribution in [0, 0.1) is 11.8 Å². The van der Waals surface area contributed by atoms with Gasteiger partial charge in [-0.25, -0.2) is 9.59 Å². The zero-order valence-corrected chi connectivity index (χ0v) is 12.9. The Morgan fingerprint density at radius 1 is 1.21 bits per heavy atom. The molecule has 24 heavy (non-hydrogen) atoms. The number of ether oxygens (including phenoxy) is 2. The van der Waals surface area contributed by atoms with Crippen molar-refractivity contribution in [3.05, 3.63) is 70.8 Å². The third-order valence-corrected chi connectivity index (χ3v) is 3.45. The van der Waals surface area contributed by atoms with Gasteiger partial charge in [-0.2, -0.15) is 0 Å². The normalized spacial score (nSPS) is 11.8. The second-order valence-corrected chi connectivity index (χ2v) is 5.17. The number of alkyl carbamates (subject to hydrolysis) is 1. The van der Waals surface area contributed by atoms with Gasteiger partial charge in [-0.05, 0) is 23.8 Å². The fraction of sp³-hybridized carbons (Fsp3) is 0.158. The summed E-state index contributed by atoms with van der Waals surface area (Å²) < 4.78 is 10.0. The second-order valence-electron chi connectivity index (χ2n) is 5.17. The lowest BCUT2D eigenvalue weighted by Crippen LogP contribution is -2.24. The number of esters is 1. The molecule has 0 radical (unpaired) electrons. The fourth-order valence-corrected chi connectivity index (χ4v) is 2.25. The van der Waals surface area contributed by atoms with E-state index < -0.39 is 6.09 Å². The maximum atomic E-state index is 11.6. The minimum atomic E-state index is -0.513. The van der Waals surface area contributed by atoms with E-state index in [4.69, 9.17) is 9.47 Å². The van der Waals surface area contributed by atoms with E-state index in [1.165, 1.54) is 0 Å². The first kappa shape index (κ1) is 15.6. The number of amides is 1. The van der Waals surface area contributed by atoms with Crippen LogP contribution in [0.4, 0.5) is 4.79 Å². The molecule has 1 aliphatic heterocycles. The third kappa shape index (κ3) is 3.93. The molecule has 2 aromatic rings. The summed E-state index contributed by atoms with van der Waals surface area (Å²) in [5.41, 5.74) is 3.12. The van der Waals surface area contributed by atoms with Crippen LogP contribution in [-0.2, 0) is 22.7 Å². The smallest absolute Gasteiger partial charge is 0.408 e. The molecule has 0 unspecified atom stereocenters. The number of nitrogens with one attached hydrogen (secondary N) is 1. The van der Waals surface area contributed by atoms with Crippen molar-refractivity contribution in [2.75, 3.05) is 6.54 Å². The van der Waals surface area contributed by atoms with Gasteiger partial charge in [-0.3, -0.25) is 0 Å². The van der Waals surface area contributed by atoms with Crippen LogP contribution in [0.25, 0.3) is 0 Å². The number of hydrogen-bond donors (Lipinski definition) is 1. The molecule has 1 amide bonds. The van der Waals surface area contributed by atoms with Crippen molar-refractivity contribution >= 4 is 12.1 Å². The summed E-state index contributed by atoms with van der Waals surface area (Å²) in [5.74, 6) is 5.48. The first-order chi connectivity index (χ1) is 11.7. The Labute approximate surface area is 139 Å². The SMILES string of the molecule is O=C(NCC#Cc1ccc2c(c1)COC2=O)OCc1ccccc1. The Morgan fingerprint density at radius 2 is 2.04 bits per heavy atom. The van der Waals surface area contributed by atoms with Crippen molar-refractivity contribution in [1.82, 2.24) is 5.32 Å². The lowest BCUT2D eigenvalue weighted by Gasteiger charge is -2.04. The lowest BCUT2D eigenvalue weighted by atomic mass is 10.1. The average Bonchev–Trinajstić information content (AvgIpc) is 2.98. The molecule has 0 atom stereocenters. The highest BCUT2D eigenvalue weighted by Gasteiger charge is 2.20. The average molecular weight is 321 g/mol. The molecule has 0 spiro atoms. The third-order valence-electron chi connectivity index (χ3n) is 3.45. The van der Waals surface area contributed by atoms with Gasteiger partial charge < -0.3 is 14.8 Å². The quantitative estimate of drug-likeness (QED) is 0.697. The standard InChI is InChI=1S/C19H15NO4/c21-18-17-9-8-14(11-16(17)13-23-18)7-4-10-20-19(22)24-12-15-5-2-1-3-6-15/h1-3,5-6,8-9,11H,10,12-13H2,(H,20,22). The number of hydrogen-bond acceptors (Lipinski definition) is 4. The van der Waals surface area contributed by atoms with Gasteiger partial charge in [0.2, 0.25) is 0 Å². The van der Waals surface area contributed by atoms with Crippen molar-refractivity contribution in [1.29, 1.82) is 0 Å². The molecule has 1 N–H and O–H groups in total. The van der Waals surface area contributed by atoms with Crippen LogP contribution in [-0.4, -0.2) is 18.6 Å². The predicted molar refractivity (Wildman–Crippen MR) is 87.1 cm³/mol. The largest absolute Gasteiger partial charge is 0.457 e. The van der Waals surface area contributed by atoms with Gasteiger partial charge in [0.25, 0.3) is 0 Å². The summed E-state index contributed by atoms with van der Waals surface area (Å²) in [7, 11) is 0. The second kappa shape index (κ2) is 7.34. The molecule has 120 valence electrons. The van der Waals surface area contributed by atoms with Crippen LogP contribution in [0.3, 0.4) is 0 Å². The van der Waals surface area contributed by atoms with E-state index in [0.717, 1.165) is 16.7 Å². The van der Waals surface area contributed by atoms with E-state index in [1.54, 1.807) is 12.1 Å². The summed E-state index contributed by atoms with van der Waals surface area (Å²) in [6.45, 7) is 0.687. The van der Waals surface area contributed by atoms with Crippen molar-refractivity contribution in [2.45, 2.75) is 13.2 Å².